The molecule has 8 heteroatoms. The predicted octanol–water partition coefficient (Wildman–Crippen LogP) is 1.89. The molecule has 0 atom stereocenters. The van der Waals surface area contributed by atoms with Crippen LogP contribution < -0.4 is 10.5 Å². The van der Waals surface area contributed by atoms with Crippen LogP contribution in [0, 0.1) is 20.9 Å². The molecule has 21 heavy (non-hydrogen) atoms. The minimum Gasteiger partial charge on any atom is -0.397 e. The number of nitrogens with two attached hydrogens (primary N) is 1. The fourth-order valence-electron chi connectivity index (χ4n) is 2.60. The van der Waals surface area contributed by atoms with Gasteiger partial charge in [-0.05, 0) is 16.9 Å². The van der Waals surface area contributed by atoms with Crippen LogP contribution in [0.3, 0.4) is 0 Å². The van der Waals surface area contributed by atoms with Crippen LogP contribution in [0.25, 0.3) is 0 Å². The van der Waals surface area contributed by atoms with E-state index in [0.29, 0.717) is 0 Å². The molecule has 0 bridgehead atoms. The SMILES string of the molecule is CC1(C)C(NS(=O)(=O)c2ccc([N+](=O)[O-])cc2N)C1(C)C. The predicted molar refractivity (Wildman–Crippen MR) is 79.2 cm³/mol. The fraction of sp³-hybridized carbons (Fsp3) is 0.538. The number of hydrogen-bond acceptors (Lipinski definition) is 5. The van der Waals surface area contributed by atoms with E-state index in [1.54, 1.807) is 0 Å². The van der Waals surface area contributed by atoms with Crippen LogP contribution in [-0.2, 0) is 10.0 Å². The lowest BCUT2D eigenvalue weighted by Gasteiger charge is -2.10. The van der Waals surface area contributed by atoms with E-state index in [1.165, 1.54) is 0 Å². The van der Waals surface area contributed by atoms with Crippen molar-refractivity contribution >= 4 is 21.4 Å². The topological polar surface area (TPSA) is 115 Å². The monoisotopic (exact) mass is 313 g/mol. The highest BCUT2D eigenvalue weighted by molar-refractivity contribution is 7.89. The summed E-state index contributed by atoms with van der Waals surface area (Å²) in [6.07, 6.45) is 0. The Morgan fingerprint density at radius 2 is 1.76 bits per heavy atom. The third-order valence-corrected chi connectivity index (χ3v) is 6.28. The lowest BCUT2D eigenvalue weighted by molar-refractivity contribution is -0.384. The van der Waals surface area contributed by atoms with Gasteiger partial charge in [0.15, 0.2) is 0 Å². The van der Waals surface area contributed by atoms with E-state index in [9.17, 15) is 18.5 Å². The summed E-state index contributed by atoms with van der Waals surface area (Å²) < 4.78 is 27.4. The van der Waals surface area contributed by atoms with Gasteiger partial charge in [0, 0.05) is 18.2 Å². The van der Waals surface area contributed by atoms with Gasteiger partial charge in [-0.3, -0.25) is 10.1 Å². The van der Waals surface area contributed by atoms with Crippen molar-refractivity contribution in [2.45, 2.75) is 38.6 Å². The Morgan fingerprint density at radius 1 is 1.24 bits per heavy atom. The second kappa shape index (κ2) is 4.41. The lowest BCUT2D eigenvalue weighted by atomic mass is 10.0. The van der Waals surface area contributed by atoms with Crippen molar-refractivity contribution in [2.75, 3.05) is 5.73 Å². The first kappa shape index (κ1) is 15.7. The van der Waals surface area contributed by atoms with Crippen LogP contribution in [0.4, 0.5) is 11.4 Å². The number of nitrogens with one attached hydrogen (secondary N) is 1. The van der Waals surface area contributed by atoms with E-state index in [-0.39, 0.29) is 33.1 Å². The van der Waals surface area contributed by atoms with Gasteiger partial charge in [0.05, 0.1) is 10.6 Å². The average Bonchev–Trinajstić information content (AvgIpc) is 2.70. The Labute approximate surface area is 123 Å². The highest BCUT2D eigenvalue weighted by Gasteiger charge is 2.66. The molecule has 116 valence electrons. The van der Waals surface area contributed by atoms with Crippen molar-refractivity contribution in [3.63, 3.8) is 0 Å². The van der Waals surface area contributed by atoms with Gasteiger partial charge >= 0.3 is 0 Å². The molecule has 1 aromatic carbocycles. The smallest absolute Gasteiger partial charge is 0.271 e. The van der Waals surface area contributed by atoms with Crippen LogP contribution in [0.2, 0.25) is 0 Å². The first-order valence-electron chi connectivity index (χ1n) is 6.47. The summed E-state index contributed by atoms with van der Waals surface area (Å²) in [5.74, 6) is 0. The van der Waals surface area contributed by atoms with Crippen LogP contribution in [0.1, 0.15) is 27.7 Å². The summed E-state index contributed by atoms with van der Waals surface area (Å²) in [5.41, 5.74) is 4.97. The summed E-state index contributed by atoms with van der Waals surface area (Å²) in [6.45, 7) is 7.94. The second-order valence-electron chi connectivity index (χ2n) is 6.48. The van der Waals surface area contributed by atoms with Crippen molar-refractivity contribution < 1.29 is 13.3 Å². The van der Waals surface area contributed by atoms with Crippen LogP contribution in [-0.4, -0.2) is 19.4 Å². The normalized spacial score (nSPS) is 20.2. The summed E-state index contributed by atoms with van der Waals surface area (Å²) in [6, 6.07) is 3.15. The number of nitrogen functional groups attached to an aromatic ring is 1. The van der Waals surface area contributed by atoms with Crippen LogP contribution >= 0.6 is 0 Å². The maximum absolute atomic E-state index is 12.4. The van der Waals surface area contributed by atoms with E-state index < -0.39 is 14.9 Å². The Balaban J connectivity index is 2.32. The van der Waals surface area contributed by atoms with Crippen molar-refractivity contribution in [2.24, 2.45) is 10.8 Å². The zero-order valence-corrected chi connectivity index (χ0v) is 13.2. The molecular formula is C13H19N3O4S. The lowest BCUT2D eigenvalue weighted by Crippen LogP contribution is -2.30. The van der Waals surface area contributed by atoms with Crippen LogP contribution in [0.15, 0.2) is 23.1 Å². The molecule has 3 N–H and O–H groups in total. The van der Waals surface area contributed by atoms with Gasteiger partial charge < -0.3 is 5.73 Å². The van der Waals surface area contributed by atoms with Crippen molar-refractivity contribution in [3.8, 4) is 0 Å². The Kier molecular flexibility index (Phi) is 3.30. The molecule has 1 fully saturated rings. The number of rotatable bonds is 4. The molecular weight excluding hydrogens is 294 g/mol. The number of hydrogen-bond donors (Lipinski definition) is 2. The van der Waals surface area contributed by atoms with Gasteiger partial charge in [0.2, 0.25) is 10.0 Å². The zero-order valence-electron chi connectivity index (χ0n) is 12.4. The minimum absolute atomic E-state index is 0.132. The molecule has 7 nitrogen and oxygen atoms in total. The largest absolute Gasteiger partial charge is 0.397 e. The first-order chi connectivity index (χ1) is 9.41. The quantitative estimate of drug-likeness (QED) is 0.500. The van der Waals surface area contributed by atoms with E-state index in [4.69, 9.17) is 5.73 Å². The maximum Gasteiger partial charge on any atom is 0.271 e. The summed E-state index contributed by atoms with van der Waals surface area (Å²) in [5, 5.41) is 10.7. The molecule has 0 spiro atoms. The van der Waals surface area contributed by atoms with E-state index in [1.807, 2.05) is 27.7 Å². The number of nitro benzene ring substituents is 1. The Hall–Kier alpha value is -1.67. The molecule has 1 aliphatic carbocycles. The van der Waals surface area contributed by atoms with Gasteiger partial charge in [0.25, 0.3) is 5.69 Å². The van der Waals surface area contributed by atoms with Gasteiger partial charge in [-0.25, -0.2) is 13.1 Å². The number of sulfonamides is 1. The van der Waals surface area contributed by atoms with E-state index in [2.05, 4.69) is 4.72 Å². The Morgan fingerprint density at radius 3 is 2.14 bits per heavy atom. The first-order valence-corrected chi connectivity index (χ1v) is 7.96. The third kappa shape index (κ3) is 2.38. The molecule has 0 radical (unpaired) electrons. The molecule has 2 rings (SSSR count). The summed E-state index contributed by atoms with van der Waals surface area (Å²) in [7, 11) is -3.81. The highest BCUT2D eigenvalue weighted by atomic mass is 32.2. The molecule has 0 aromatic heterocycles. The molecule has 0 saturated heterocycles. The summed E-state index contributed by atoms with van der Waals surface area (Å²) >= 11 is 0. The molecule has 0 heterocycles. The maximum atomic E-state index is 12.4. The average molecular weight is 313 g/mol. The van der Waals surface area contributed by atoms with Gasteiger partial charge in [-0.1, -0.05) is 27.7 Å². The van der Waals surface area contributed by atoms with E-state index >= 15 is 0 Å². The van der Waals surface area contributed by atoms with Crippen molar-refractivity contribution in [1.29, 1.82) is 0 Å². The standard InChI is InChI=1S/C13H19N3O4S/c1-12(2)11(13(12,3)4)15-21(19,20)10-6-5-8(16(17)18)7-9(10)14/h5-7,11,15H,14H2,1-4H3. The number of nitrogens with zero attached hydrogens (tertiary/aromatic N) is 1. The second-order valence-corrected chi connectivity index (χ2v) is 8.16. The van der Waals surface area contributed by atoms with Gasteiger partial charge in [-0.15, -0.1) is 0 Å². The number of non-ortho nitro benzene ring substituents is 1. The number of nitro groups is 1. The molecule has 0 amide bonds. The minimum atomic E-state index is -3.81. The number of benzene rings is 1. The molecule has 1 aliphatic rings. The van der Waals surface area contributed by atoms with E-state index in [0.717, 1.165) is 18.2 Å². The van der Waals surface area contributed by atoms with Gasteiger partial charge in [0.1, 0.15) is 4.90 Å². The molecule has 1 saturated carbocycles. The summed E-state index contributed by atoms with van der Waals surface area (Å²) in [4.78, 5) is 9.91. The van der Waals surface area contributed by atoms with Gasteiger partial charge in [-0.2, -0.15) is 0 Å². The molecule has 1 aromatic rings. The van der Waals surface area contributed by atoms with Crippen molar-refractivity contribution in [3.05, 3.63) is 28.3 Å². The van der Waals surface area contributed by atoms with Crippen LogP contribution in [0.5, 0.6) is 0 Å². The number of anilines is 1. The third-order valence-electron chi connectivity index (χ3n) is 4.79. The molecule has 0 aliphatic heterocycles. The molecule has 0 unspecified atom stereocenters. The fourth-order valence-corrected chi connectivity index (χ4v) is 4.25. The highest BCUT2D eigenvalue weighted by Crippen LogP contribution is 2.63. The Bertz CT molecular complexity index is 696. The zero-order chi connectivity index (χ0) is 16.2. The van der Waals surface area contributed by atoms with Crippen molar-refractivity contribution in [1.82, 2.24) is 4.72 Å².